The molecule has 0 radical (unpaired) electrons. The Kier molecular flexibility index (Phi) is 5.16. The van der Waals surface area contributed by atoms with Gasteiger partial charge in [0.05, 0.1) is 0 Å². The monoisotopic (exact) mass is 238 g/mol. The molecule has 0 aliphatic carbocycles. The van der Waals surface area contributed by atoms with Crippen LogP contribution in [-0.4, -0.2) is 28.3 Å². The van der Waals surface area contributed by atoms with Crippen molar-refractivity contribution in [2.45, 2.75) is 25.6 Å². The van der Waals surface area contributed by atoms with Crippen molar-refractivity contribution in [2.75, 3.05) is 0 Å². The Hall–Kier alpha value is -1.88. The van der Waals surface area contributed by atoms with E-state index in [1.165, 1.54) is 0 Å². The number of carbonyl (C=O) groups excluding carboxylic acids is 1. The largest absolute Gasteiger partial charge is 0.479 e. The molecule has 0 unspecified atom stereocenters. The number of hydrogen-bond acceptors (Lipinski definition) is 4. The van der Waals surface area contributed by atoms with E-state index >= 15 is 0 Å². The van der Waals surface area contributed by atoms with Crippen LogP contribution in [0.5, 0.6) is 0 Å². The highest BCUT2D eigenvalue weighted by atomic mass is 16.5. The summed E-state index contributed by atoms with van der Waals surface area (Å²) in [5, 5.41) is 17.4. The maximum Gasteiger partial charge on any atom is 0.332 e. The van der Waals surface area contributed by atoms with Gasteiger partial charge in [-0.15, -0.1) is 0 Å². The predicted octanol–water partition coefficient (Wildman–Crippen LogP) is 0.955. The Bertz CT molecular complexity index is 374. The second kappa shape index (κ2) is 6.65. The van der Waals surface area contributed by atoms with Gasteiger partial charge >= 0.3 is 11.9 Å². The van der Waals surface area contributed by atoms with Crippen molar-refractivity contribution in [1.29, 1.82) is 0 Å². The second-order valence-electron chi connectivity index (χ2n) is 3.54. The van der Waals surface area contributed by atoms with Gasteiger partial charge in [0, 0.05) is 6.42 Å². The summed E-state index contributed by atoms with van der Waals surface area (Å²) >= 11 is 0. The lowest BCUT2D eigenvalue weighted by Gasteiger charge is -2.06. The van der Waals surface area contributed by atoms with E-state index < -0.39 is 18.0 Å². The quantitative estimate of drug-likeness (QED) is 0.721. The van der Waals surface area contributed by atoms with Gasteiger partial charge < -0.3 is 14.9 Å². The number of aliphatic carboxylic acids is 1. The number of ether oxygens (including phenoxy) is 1. The van der Waals surface area contributed by atoms with Gasteiger partial charge in [-0.3, -0.25) is 4.79 Å². The minimum absolute atomic E-state index is 0.111. The van der Waals surface area contributed by atoms with Crippen LogP contribution in [0.3, 0.4) is 0 Å². The van der Waals surface area contributed by atoms with E-state index in [0.29, 0.717) is 0 Å². The summed E-state index contributed by atoms with van der Waals surface area (Å²) in [6.45, 7) is 0.156. The number of carboxylic acids is 1. The molecule has 0 amide bonds. The maximum absolute atomic E-state index is 11.2. The summed E-state index contributed by atoms with van der Waals surface area (Å²) in [7, 11) is 0. The fourth-order valence-corrected chi connectivity index (χ4v) is 1.19. The molecule has 0 bridgehead atoms. The molecule has 1 rings (SSSR count). The highest BCUT2D eigenvalue weighted by Crippen LogP contribution is 2.04. The van der Waals surface area contributed by atoms with Gasteiger partial charge in [-0.25, -0.2) is 4.79 Å². The van der Waals surface area contributed by atoms with E-state index in [1.807, 2.05) is 30.3 Å². The average molecular weight is 238 g/mol. The van der Waals surface area contributed by atoms with Gasteiger partial charge in [0.15, 0.2) is 6.10 Å². The predicted molar refractivity (Wildman–Crippen MR) is 59.1 cm³/mol. The Morgan fingerprint density at radius 2 is 1.88 bits per heavy atom. The molecule has 0 aliphatic rings. The lowest BCUT2D eigenvalue weighted by Crippen LogP contribution is -2.20. The number of aliphatic hydroxyl groups excluding tert-OH is 1. The standard InChI is InChI=1S/C12H14O5/c13-10(12(15)16)6-7-11(14)17-8-9-4-2-1-3-5-9/h1-5,10,13H,6-8H2,(H,15,16)/t10-/m0/s1. The minimum atomic E-state index is -1.51. The van der Waals surface area contributed by atoms with Gasteiger partial charge in [0.1, 0.15) is 6.61 Å². The first kappa shape index (κ1) is 13.2. The SMILES string of the molecule is O=C(CC[C@H](O)C(=O)O)OCc1ccccc1. The third-order valence-electron chi connectivity index (χ3n) is 2.15. The molecule has 0 heterocycles. The van der Waals surface area contributed by atoms with Crippen molar-refractivity contribution in [1.82, 2.24) is 0 Å². The molecule has 0 aromatic heterocycles. The molecule has 0 spiro atoms. The van der Waals surface area contributed by atoms with Crippen molar-refractivity contribution >= 4 is 11.9 Å². The Morgan fingerprint density at radius 1 is 1.24 bits per heavy atom. The van der Waals surface area contributed by atoms with Crippen LogP contribution in [0.4, 0.5) is 0 Å². The zero-order valence-electron chi connectivity index (χ0n) is 9.20. The highest BCUT2D eigenvalue weighted by Gasteiger charge is 2.15. The Labute approximate surface area is 98.6 Å². The summed E-state index contributed by atoms with van der Waals surface area (Å²) in [5.41, 5.74) is 0.861. The van der Waals surface area contributed by atoms with Crippen LogP contribution in [-0.2, 0) is 20.9 Å². The van der Waals surface area contributed by atoms with Crippen molar-refractivity contribution < 1.29 is 24.5 Å². The number of esters is 1. The number of rotatable bonds is 6. The van der Waals surface area contributed by atoms with Gasteiger partial charge in [-0.2, -0.15) is 0 Å². The summed E-state index contributed by atoms with van der Waals surface area (Å²) in [4.78, 5) is 21.5. The van der Waals surface area contributed by atoms with Gasteiger partial charge in [-0.05, 0) is 12.0 Å². The maximum atomic E-state index is 11.2. The Morgan fingerprint density at radius 3 is 2.47 bits per heavy atom. The molecule has 92 valence electrons. The summed E-state index contributed by atoms with van der Waals surface area (Å²) < 4.78 is 4.92. The van der Waals surface area contributed by atoms with E-state index in [-0.39, 0.29) is 19.4 Å². The normalized spacial score (nSPS) is 11.8. The molecule has 5 nitrogen and oxygen atoms in total. The van der Waals surface area contributed by atoms with Gasteiger partial charge in [-0.1, -0.05) is 30.3 Å². The first-order valence-corrected chi connectivity index (χ1v) is 5.20. The lowest BCUT2D eigenvalue weighted by molar-refractivity contribution is -0.149. The highest BCUT2D eigenvalue weighted by molar-refractivity contribution is 5.74. The molecule has 17 heavy (non-hydrogen) atoms. The molecule has 1 aromatic carbocycles. The lowest BCUT2D eigenvalue weighted by atomic mass is 10.2. The van der Waals surface area contributed by atoms with E-state index in [4.69, 9.17) is 14.9 Å². The van der Waals surface area contributed by atoms with Crippen molar-refractivity contribution in [2.24, 2.45) is 0 Å². The molecule has 1 atom stereocenters. The summed E-state index contributed by atoms with van der Waals surface area (Å²) in [6.07, 6.45) is -1.76. The molecule has 2 N–H and O–H groups in total. The van der Waals surface area contributed by atoms with E-state index in [0.717, 1.165) is 5.56 Å². The van der Waals surface area contributed by atoms with Crippen LogP contribution in [0.1, 0.15) is 18.4 Å². The summed E-state index contributed by atoms with van der Waals surface area (Å²) in [6, 6.07) is 9.15. The second-order valence-corrected chi connectivity index (χ2v) is 3.54. The van der Waals surface area contributed by atoms with Crippen LogP contribution < -0.4 is 0 Å². The summed E-state index contributed by atoms with van der Waals surface area (Å²) in [5.74, 6) is -1.85. The van der Waals surface area contributed by atoms with Crippen molar-refractivity contribution in [3.05, 3.63) is 35.9 Å². The van der Waals surface area contributed by atoms with Gasteiger partial charge in [0.2, 0.25) is 0 Å². The van der Waals surface area contributed by atoms with E-state index in [1.54, 1.807) is 0 Å². The van der Waals surface area contributed by atoms with Crippen LogP contribution in [0, 0.1) is 0 Å². The molecule has 0 fully saturated rings. The molecule has 0 saturated heterocycles. The zero-order chi connectivity index (χ0) is 12.7. The number of aliphatic hydroxyl groups is 1. The zero-order valence-corrected chi connectivity index (χ0v) is 9.20. The van der Waals surface area contributed by atoms with E-state index in [2.05, 4.69) is 0 Å². The van der Waals surface area contributed by atoms with Crippen LogP contribution in [0.2, 0.25) is 0 Å². The number of carboxylic acid groups (broad SMARTS) is 1. The molecule has 5 heteroatoms. The van der Waals surface area contributed by atoms with E-state index in [9.17, 15) is 9.59 Å². The molecule has 0 aliphatic heterocycles. The number of benzene rings is 1. The molecular formula is C12H14O5. The fourth-order valence-electron chi connectivity index (χ4n) is 1.19. The smallest absolute Gasteiger partial charge is 0.332 e. The molecular weight excluding hydrogens is 224 g/mol. The Balaban J connectivity index is 2.24. The molecule has 0 saturated carbocycles. The van der Waals surface area contributed by atoms with Crippen molar-refractivity contribution in [3.63, 3.8) is 0 Å². The fraction of sp³-hybridized carbons (Fsp3) is 0.333. The molecule has 1 aromatic rings. The minimum Gasteiger partial charge on any atom is -0.479 e. The number of hydrogen-bond donors (Lipinski definition) is 2. The first-order chi connectivity index (χ1) is 8.09. The van der Waals surface area contributed by atoms with Crippen LogP contribution in [0.15, 0.2) is 30.3 Å². The first-order valence-electron chi connectivity index (χ1n) is 5.20. The van der Waals surface area contributed by atoms with Gasteiger partial charge in [0.25, 0.3) is 0 Å². The van der Waals surface area contributed by atoms with Crippen molar-refractivity contribution in [3.8, 4) is 0 Å². The van der Waals surface area contributed by atoms with Crippen LogP contribution >= 0.6 is 0 Å². The topological polar surface area (TPSA) is 83.8 Å². The number of carbonyl (C=O) groups is 2. The third kappa shape index (κ3) is 5.12. The average Bonchev–Trinajstić information content (AvgIpc) is 2.34. The van der Waals surface area contributed by atoms with Crippen LogP contribution in [0.25, 0.3) is 0 Å². The third-order valence-corrected chi connectivity index (χ3v) is 2.15.